The van der Waals surface area contributed by atoms with Crippen LogP contribution in [-0.4, -0.2) is 12.0 Å². The number of alkyl halides is 1. The summed E-state index contributed by atoms with van der Waals surface area (Å²) in [5.41, 5.74) is 2.54. The van der Waals surface area contributed by atoms with Gasteiger partial charge in [0.2, 0.25) is 0 Å². The van der Waals surface area contributed by atoms with Crippen molar-refractivity contribution >= 4 is 11.6 Å². The zero-order valence-corrected chi connectivity index (χ0v) is 9.13. The lowest BCUT2D eigenvalue weighted by Gasteiger charge is -2.26. The second-order valence-electron chi connectivity index (χ2n) is 3.89. The Balaban J connectivity index is 2.10. The molecular formula is C12H15ClO. The van der Waals surface area contributed by atoms with E-state index in [1.54, 1.807) is 0 Å². The predicted octanol–water partition coefficient (Wildman–Crippen LogP) is 3.45. The van der Waals surface area contributed by atoms with Crippen LogP contribution < -0.4 is 0 Å². The lowest BCUT2D eigenvalue weighted by Crippen LogP contribution is -2.19. The number of hydrogen-bond acceptors (Lipinski definition) is 1. The summed E-state index contributed by atoms with van der Waals surface area (Å²) in [7, 11) is 0. The summed E-state index contributed by atoms with van der Waals surface area (Å²) in [6.45, 7) is 2.88. The van der Waals surface area contributed by atoms with Crippen molar-refractivity contribution in [2.24, 2.45) is 0 Å². The summed E-state index contributed by atoms with van der Waals surface area (Å²) >= 11 is 6.11. The van der Waals surface area contributed by atoms with Crippen molar-refractivity contribution in [1.29, 1.82) is 0 Å². The van der Waals surface area contributed by atoms with E-state index >= 15 is 0 Å². The van der Waals surface area contributed by atoms with E-state index in [0.717, 1.165) is 19.4 Å². The number of rotatable bonds is 1. The zero-order chi connectivity index (χ0) is 9.97. The molecule has 1 aromatic rings. The fourth-order valence-electron chi connectivity index (χ4n) is 1.77. The highest BCUT2D eigenvalue weighted by Crippen LogP contribution is 2.30. The molecule has 14 heavy (non-hydrogen) atoms. The first-order valence-corrected chi connectivity index (χ1v) is 5.51. The fraction of sp³-hybridized carbons (Fsp3) is 0.500. The molecule has 1 aliphatic heterocycles. The molecule has 1 aromatic carbocycles. The van der Waals surface area contributed by atoms with Gasteiger partial charge >= 0.3 is 0 Å². The van der Waals surface area contributed by atoms with Gasteiger partial charge in [0.25, 0.3) is 0 Å². The summed E-state index contributed by atoms with van der Waals surface area (Å²) in [6, 6.07) is 8.51. The van der Waals surface area contributed by atoms with Gasteiger partial charge in [-0.25, -0.2) is 0 Å². The average Bonchev–Trinajstić information content (AvgIpc) is 2.19. The number of ether oxygens (including phenoxy) is 1. The molecule has 2 heteroatoms. The molecular weight excluding hydrogens is 196 g/mol. The Morgan fingerprint density at radius 2 is 2.00 bits per heavy atom. The summed E-state index contributed by atoms with van der Waals surface area (Å²) in [5, 5.41) is 0.273. The minimum Gasteiger partial charge on any atom is -0.373 e. The van der Waals surface area contributed by atoms with E-state index in [2.05, 4.69) is 31.2 Å². The van der Waals surface area contributed by atoms with E-state index in [4.69, 9.17) is 16.3 Å². The first kappa shape index (κ1) is 10.0. The molecule has 1 nitrogen and oxygen atoms in total. The summed E-state index contributed by atoms with van der Waals surface area (Å²) < 4.78 is 5.69. The number of hydrogen-bond donors (Lipinski definition) is 0. The molecule has 0 amide bonds. The molecule has 2 rings (SSSR count). The van der Waals surface area contributed by atoms with Crippen LogP contribution in [0, 0.1) is 6.92 Å². The monoisotopic (exact) mass is 210 g/mol. The Morgan fingerprint density at radius 3 is 2.64 bits per heavy atom. The minimum atomic E-state index is 0.201. The molecule has 0 radical (unpaired) electrons. The summed E-state index contributed by atoms with van der Waals surface area (Å²) in [4.78, 5) is 0. The fourth-order valence-corrected chi connectivity index (χ4v) is 2.02. The van der Waals surface area contributed by atoms with Gasteiger partial charge in [0.05, 0.1) is 6.10 Å². The van der Waals surface area contributed by atoms with Gasteiger partial charge in [0, 0.05) is 12.0 Å². The first-order valence-electron chi connectivity index (χ1n) is 5.08. The Morgan fingerprint density at radius 1 is 1.29 bits per heavy atom. The maximum Gasteiger partial charge on any atom is 0.0839 e. The molecule has 0 aliphatic carbocycles. The van der Waals surface area contributed by atoms with Crippen molar-refractivity contribution in [3.8, 4) is 0 Å². The minimum absolute atomic E-state index is 0.201. The highest BCUT2D eigenvalue weighted by molar-refractivity contribution is 6.20. The van der Waals surface area contributed by atoms with E-state index in [9.17, 15) is 0 Å². The van der Waals surface area contributed by atoms with Crippen molar-refractivity contribution in [2.75, 3.05) is 6.61 Å². The van der Waals surface area contributed by atoms with Gasteiger partial charge in [0.15, 0.2) is 0 Å². The van der Waals surface area contributed by atoms with Crippen LogP contribution in [0.3, 0.4) is 0 Å². The second kappa shape index (κ2) is 4.33. The van der Waals surface area contributed by atoms with Gasteiger partial charge in [-0.3, -0.25) is 0 Å². The quantitative estimate of drug-likeness (QED) is 0.646. The topological polar surface area (TPSA) is 9.23 Å². The highest BCUT2D eigenvalue weighted by Gasteiger charge is 2.21. The second-order valence-corrected chi connectivity index (χ2v) is 4.51. The van der Waals surface area contributed by atoms with Gasteiger partial charge in [-0.2, -0.15) is 0 Å². The van der Waals surface area contributed by atoms with Crippen molar-refractivity contribution in [3.63, 3.8) is 0 Å². The highest BCUT2D eigenvalue weighted by atomic mass is 35.5. The average molecular weight is 211 g/mol. The van der Waals surface area contributed by atoms with Crippen molar-refractivity contribution in [2.45, 2.75) is 31.2 Å². The molecule has 0 aromatic heterocycles. The van der Waals surface area contributed by atoms with Crippen LogP contribution in [0.25, 0.3) is 0 Å². The lowest BCUT2D eigenvalue weighted by molar-refractivity contribution is 0.0169. The molecule has 2 atom stereocenters. The molecule has 1 saturated heterocycles. The first-order chi connectivity index (χ1) is 6.75. The third kappa shape index (κ3) is 2.28. The largest absolute Gasteiger partial charge is 0.373 e. The van der Waals surface area contributed by atoms with Gasteiger partial charge in [-0.1, -0.05) is 29.8 Å². The molecule has 2 unspecified atom stereocenters. The molecule has 1 heterocycles. The van der Waals surface area contributed by atoms with E-state index in [1.165, 1.54) is 11.1 Å². The number of benzene rings is 1. The van der Waals surface area contributed by atoms with Crippen LogP contribution in [0.1, 0.15) is 30.1 Å². The molecule has 1 aliphatic rings. The summed E-state index contributed by atoms with van der Waals surface area (Å²) in [6.07, 6.45) is 2.11. The molecule has 76 valence electrons. The predicted molar refractivity (Wildman–Crippen MR) is 58.7 cm³/mol. The van der Waals surface area contributed by atoms with Crippen LogP contribution in [-0.2, 0) is 4.74 Å². The van der Waals surface area contributed by atoms with Crippen LogP contribution in [0.5, 0.6) is 0 Å². The maximum absolute atomic E-state index is 6.11. The summed E-state index contributed by atoms with van der Waals surface area (Å²) in [5.74, 6) is 0. The Hall–Kier alpha value is -0.530. The van der Waals surface area contributed by atoms with Crippen LogP contribution in [0.15, 0.2) is 24.3 Å². The molecule has 0 N–H and O–H groups in total. The van der Waals surface area contributed by atoms with Crippen molar-refractivity contribution in [1.82, 2.24) is 0 Å². The lowest BCUT2D eigenvalue weighted by atomic mass is 10.0. The van der Waals surface area contributed by atoms with Crippen LogP contribution in [0.2, 0.25) is 0 Å². The van der Waals surface area contributed by atoms with E-state index < -0.39 is 0 Å². The van der Waals surface area contributed by atoms with Gasteiger partial charge in [0.1, 0.15) is 0 Å². The smallest absolute Gasteiger partial charge is 0.0839 e. The van der Waals surface area contributed by atoms with Gasteiger partial charge in [-0.05, 0) is 25.3 Å². The Bertz CT molecular complexity index is 294. The molecule has 0 bridgehead atoms. The molecule has 0 saturated carbocycles. The number of halogens is 1. The van der Waals surface area contributed by atoms with Crippen molar-refractivity contribution in [3.05, 3.63) is 35.4 Å². The normalized spacial score (nSPS) is 27.6. The molecule has 0 spiro atoms. The van der Waals surface area contributed by atoms with E-state index in [1.807, 2.05) is 0 Å². The SMILES string of the molecule is Cc1ccc(C2CC(Cl)CCO2)cc1. The Kier molecular flexibility index (Phi) is 3.09. The van der Waals surface area contributed by atoms with Crippen LogP contribution >= 0.6 is 11.6 Å². The maximum atomic E-state index is 6.11. The number of aryl methyl sites for hydroxylation is 1. The third-order valence-corrected chi connectivity index (χ3v) is 3.07. The van der Waals surface area contributed by atoms with E-state index in [-0.39, 0.29) is 11.5 Å². The van der Waals surface area contributed by atoms with Crippen LogP contribution in [0.4, 0.5) is 0 Å². The standard InChI is InChI=1S/C12H15ClO/c1-9-2-4-10(5-3-9)12-8-11(13)6-7-14-12/h2-5,11-12H,6-8H2,1H3. The third-order valence-electron chi connectivity index (χ3n) is 2.67. The molecule has 1 fully saturated rings. The van der Waals surface area contributed by atoms with Crippen molar-refractivity contribution < 1.29 is 4.74 Å². The Labute approximate surface area is 90.0 Å². The van der Waals surface area contributed by atoms with Gasteiger partial charge in [-0.15, -0.1) is 11.6 Å². The zero-order valence-electron chi connectivity index (χ0n) is 8.37. The van der Waals surface area contributed by atoms with Gasteiger partial charge < -0.3 is 4.74 Å². The van der Waals surface area contributed by atoms with E-state index in [0.29, 0.717) is 0 Å².